The molecule has 0 spiro atoms. The molecule has 1 aromatic heterocycles. The number of nitrogens with one attached hydrogen (secondary N) is 1. The molecule has 0 amide bonds. The third-order valence-corrected chi connectivity index (χ3v) is 8.23. The summed E-state index contributed by atoms with van der Waals surface area (Å²) in [6.45, 7) is 5.49. The van der Waals surface area contributed by atoms with Gasteiger partial charge in [0.25, 0.3) is 5.56 Å². The number of aromatic nitrogens is 2. The monoisotopic (exact) mass is 570 g/mol. The molecule has 1 fully saturated rings. The van der Waals surface area contributed by atoms with Crippen LogP contribution in [0, 0.1) is 17.3 Å². The summed E-state index contributed by atoms with van der Waals surface area (Å²) in [5, 5.41) is 9.31. The Morgan fingerprint density at radius 3 is 2.21 bits per heavy atom. The first-order valence-corrected chi connectivity index (χ1v) is 14.5. The molecule has 1 N–H and O–H groups in total. The molecule has 7 heteroatoms. The van der Waals surface area contributed by atoms with Crippen LogP contribution < -0.4 is 11.2 Å². The Morgan fingerprint density at radius 2 is 1.49 bits per heavy atom. The van der Waals surface area contributed by atoms with Crippen LogP contribution in [0.5, 0.6) is 0 Å². The lowest BCUT2D eigenvalue weighted by Crippen LogP contribution is -2.34. The SMILES string of the molecule is CC(C)(C)C(=O)OC[C@H]1CC[C@@H](n2cc(C#Cc3ccc4c5cccc6cccc(c7cccc3c74)c65)c(=O)[nH]c2=O)O1. The zero-order valence-electron chi connectivity index (χ0n) is 24.2. The normalized spacial score (nSPS) is 17.1. The summed E-state index contributed by atoms with van der Waals surface area (Å²) < 4.78 is 12.8. The van der Waals surface area contributed by atoms with E-state index >= 15 is 0 Å². The summed E-state index contributed by atoms with van der Waals surface area (Å²) >= 11 is 0. The minimum absolute atomic E-state index is 0.113. The molecular formula is C36H30N2O5. The largest absolute Gasteiger partial charge is 0.463 e. The van der Waals surface area contributed by atoms with E-state index in [0.717, 1.165) is 27.1 Å². The van der Waals surface area contributed by atoms with Gasteiger partial charge in [-0.25, -0.2) is 4.79 Å². The molecule has 0 unspecified atom stereocenters. The van der Waals surface area contributed by atoms with Gasteiger partial charge in [0.1, 0.15) is 18.4 Å². The summed E-state index contributed by atoms with van der Waals surface area (Å²) in [5.74, 6) is 5.91. The summed E-state index contributed by atoms with van der Waals surface area (Å²) in [6.07, 6.45) is 1.70. The van der Waals surface area contributed by atoms with Gasteiger partial charge in [-0.1, -0.05) is 72.5 Å². The molecule has 0 saturated carbocycles. The Kier molecular flexibility index (Phi) is 6.33. The number of carbonyl (C=O) groups is 1. The molecule has 43 heavy (non-hydrogen) atoms. The smallest absolute Gasteiger partial charge is 0.330 e. The molecule has 5 aromatic carbocycles. The van der Waals surface area contributed by atoms with Crippen LogP contribution in [0.2, 0.25) is 0 Å². The van der Waals surface area contributed by atoms with Crippen molar-refractivity contribution in [1.82, 2.24) is 9.55 Å². The molecular weight excluding hydrogens is 540 g/mol. The summed E-state index contributed by atoms with van der Waals surface area (Å²) in [6, 6.07) is 23.1. The third kappa shape index (κ3) is 4.65. The van der Waals surface area contributed by atoms with Crippen molar-refractivity contribution in [2.45, 2.75) is 45.9 Å². The van der Waals surface area contributed by atoms with Gasteiger partial charge in [-0.2, -0.15) is 0 Å². The van der Waals surface area contributed by atoms with Crippen LogP contribution in [0.1, 0.15) is 51.0 Å². The first kappa shape index (κ1) is 26.9. The predicted molar refractivity (Wildman–Crippen MR) is 169 cm³/mol. The van der Waals surface area contributed by atoms with Crippen molar-refractivity contribution < 1.29 is 14.3 Å². The molecule has 214 valence electrons. The van der Waals surface area contributed by atoms with Gasteiger partial charge in [-0.3, -0.25) is 19.1 Å². The van der Waals surface area contributed by atoms with Crippen molar-refractivity contribution in [3.05, 3.63) is 105 Å². The minimum atomic E-state index is -0.607. The van der Waals surface area contributed by atoms with Crippen LogP contribution in [0.15, 0.2) is 82.5 Å². The number of rotatable bonds is 3. The molecule has 0 bridgehead atoms. The van der Waals surface area contributed by atoms with Gasteiger partial charge in [-0.05, 0) is 82.8 Å². The lowest BCUT2D eigenvalue weighted by atomic mass is 9.88. The van der Waals surface area contributed by atoms with Crippen LogP contribution in [0.25, 0.3) is 43.1 Å². The molecule has 7 nitrogen and oxygen atoms in total. The van der Waals surface area contributed by atoms with Crippen LogP contribution >= 0.6 is 0 Å². The number of hydrogen-bond donors (Lipinski definition) is 1. The van der Waals surface area contributed by atoms with E-state index in [2.05, 4.69) is 71.4 Å². The van der Waals surface area contributed by atoms with Crippen molar-refractivity contribution in [2.24, 2.45) is 5.41 Å². The van der Waals surface area contributed by atoms with Crippen LogP contribution in [-0.4, -0.2) is 28.2 Å². The molecule has 1 saturated heterocycles. The summed E-state index contributed by atoms with van der Waals surface area (Å²) in [4.78, 5) is 40.0. The van der Waals surface area contributed by atoms with Crippen LogP contribution in [0.3, 0.4) is 0 Å². The Labute approximate surface area is 247 Å². The molecule has 0 radical (unpaired) electrons. The molecule has 6 aromatic rings. The molecule has 1 aliphatic heterocycles. The molecule has 2 heterocycles. The highest BCUT2D eigenvalue weighted by atomic mass is 16.6. The molecule has 2 atom stereocenters. The van der Waals surface area contributed by atoms with E-state index < -0.39 is 22.9 Å². The Bertz CT molecular complexity index is 2190. The third-order valence-electron chi connectivity index (χ3n) is 8.23. The summed E-state index contributed by atoms with van der Waals surface area (Å²) in [7, 11) is 0. The minimum Gasteiger partial charge on any atom is -0.463 e. The Hall–Kier alpha value is -4.93. The number of aromatic amines is 1. The first-order chi connectivity index (χ1) is 20.7. The highest BCUT2D eigenvalue weighted by Crippen LogP contribution is 2.40. The van der Waals surface area contributed by atoms with E-state index in [4.69, 9.17) is 9.47 Å². The van der Waals surface area contributed by atoms with Gasteiger partial charge in [0.2, 0.25) is 0 Å². The lowest BCUT2D eigenvalue weighted by Gasteiger charge is -2.19. The van der Waals surface area contributed by atoms with Gasteiger partial charge in [-0.15, -0.1) is 0 Å². The van der Waals surface area contributed by atoms with Crippen molar-refractivity contribution in [3.63, 3.8) is 0 Å². The van der Waals surface area contributed by atoms with Crippen molar-refractivity contribution in [3.8, 4) is 11.8 Å². The zero-order valence-corrected chi connectivity index (χ0v) is 24.2. The van der Waals surface area contributed by atoms with Gasteiger partial charge >= 0.3 is 11.7 Å². The second kappa shape index (κ2) is 10.1. The van der Waals surface area contributed by atoms with Crippen molar-refractivity contribution >= 4 is 49.1 Å². The quantitative estimate of drug-likeness (QED) is 0.118. The second-order valence-corrected chi connectivity index (χ2v) is 12.2. The van der Waals surface area contributed by atoms with E-state index in [-0.39, 0.29) is 24.2 Å². The van der Waals surface area contributed by atoms with Gasteiger partial charge < -0.3 is 9.47 Å². The Balaban J connectivity index is 1.24. The second-order valence-electron chi connectivity index (χ2n) is 12.2. The van der Waals surface area contributed by atoms with Crippen LogP contribution in [0.4, 0.5) is 0 Å². The van der Waals surface area contributed by atoms with E-state index in [1.54, 1.807) is 20.8 Å². The lowest BCUT2D eigenvalue weighted by molar-refractivity contribution is -0.157. The van der Waals surface area contributed by atoms with Crippen molar-refractivity contribution in [1.29, 1.82) is 0 Å². The molecule has 7 rings (SSSR count). The maximum atomic E-state index is 12.8. The average Bonchev–Trinajstić information content (AvgIpc) is 3.46. The standard InChI is InChI=1S/C36H30N2O5/c1-36(2,3)34(40)42-20-24-16-18-30(43-24)38-19-23(33(39)37-35(38)41)14-13-21-15-17-29-27-11-5-8-22-7-4-10-26(31(22)27)28-12-6-9-25(21)32(28)29/h4-12,15,17,19,24,30H,16,18,20H2,1-3H3,(H,37,39,41)/t24-,30+/m1/s1. The fraction of sp³-hybridized carbons (Fsp3) is 0.250. The average molecular weight is 571 g/mol. The fourth-order valence-corrected chi connectivity index (χ4v) is 6.08. The number of carbonyl (C=O) groups excluding carboxylic acids is 1. The van der Waals surface area contributed by atoms with E-state index in [0.29, 0.717) is 12.8 Å². The zero-order chi connectivity index (χ0) is 29.9. The van der Waals surface area contributed by atoms with E-state index in [9.17, 15) is 14.4 Å². The number of benzene rings is 5. The maximum absolute atomic E-state index is 12.8. The number of hydrogen-bond acceptors (Lipinski definition) is 5. The number of ether oxygens (including phenoxy) is 2. The topological polar surface area (TPSA) is 90.4 Å². The number of nitrogens with zero attached hydrogens (tertiary/aromatic N) is 1. The maximum Gasteiger partial charge on any atom is 0.330 e. The van der Waals surface area contributed by atoms with E-state index in [1.807, 2.05) is 12.1 Å². The summed E-state index contributed by atoms with van der Waals surface area (Å²) in [5.41, 5.74) is -0.763. The molecule has 1 aliphatic rings. The van der Waals surface area contributed by atoms with E-state index in [1.165, 1.54) is 32.3 Å². The number of esters is 1. The number of fused-ring (bicyclic) bond motifs is 2. The fourth-order valence-electron chi connectivity index (χ4n) is 6.08. The molecule has 0 aliphatic carbocycles. The number of H-pyrrole nitrogens is 1. The highest BCUT2D eigenvalue weighted by Gasteiger charge is 2.30. The first-order valence-electron chi connectivity index (χ1n) is 14.5. The van der Waals surface area contributed by atoms with Crippen LogP contribution in [-0.2, 0) is 14.3 Å². The Morgan fingerprint density at radius 1 is 0.860 bits per heavy atom. The highest BCUT2D eigenvalue weighted by molar-refractivity contribution is 6.33. The van der Waals surface area contributed by atoms with Crippen molar-refractivity contribution in [2.75, 3.05) is 6.61 Å². The van der Waals surface area contributed by atoms with Gasteiger partial charge in [0, 0.05) is 11.8 Å². The predicted octanol–water partition coefficient (Wildman–Crippen LogP) is 6.25. The van der Waals surface area contributed by atoms with Gasteiger partial charge in [0.05, 0.1) is 11.5 Å². The van der Waals surface area contributed by atoms with Gasteiger partial charge in [0.15, 0.2) is 0 Å².